The summed E-state index contributed by atoms with van der Waals surface area (Å²) >= 11 is 0. The number of hydrogen-bond donors (Lipinski definition) is 2. The molecule has 0 unspecified atom stereocenters. The molecule has 0 aliphatic carbocycles. The molecule has 0 saturated carbocycles. The van der Waals surface area contributed by atoms with Gasteiger partial charge in [0.05, 0.1) is 0 Å². The minimum atomic E-state index is -0.852. The van der Waals surface area contributed by atoms with Crippen LogP contribution in [0.2, 0.25) is 0 Å². The molecule has 80 valence electrons. The van der Waals surface area contributed by atoms with Crippen LogP contribution in [0.4, 0.5) is 5.95 Å². The molecule has 6 nitrogen and oxygen atoms in total. The van der Waals surface area contributed by atoms with Gasteiger partial charge in [-0.1, -0.05) is 0 Å². The lowest BCUT2D eigenvalue weighted by Gasteiger charge is -2.33. The maximum absolute atomic E-state index is 11.0. The van der Waals surface area contributed by atoms with Crippen molar-refractivity contribution in [2.75, 3.05) is 24.5 Å². The molecular formula is C9H12N4O2. The highest BCUT2D eigenvalue weighted by Gasteiger charge is 2.29. The van der Waals surface area contributed by atoms with Crippen molar-refractivity contribution < 1.29 is 9.90 Å². The Bertz CT molecular complexity index is 343. The second kappa shape index (κ2) is 4.22. The number of rotatable bonds is 2. The van der Waals surface area contributed by atoms with E-state index in [1.165, 1.54) is 0 Å². The summed E-state index contributed by atoms with van der Waals surface area (Å²) in [5.41, 5.74) is 0. The lowest BCUT2D eigenvalue weighted by Crippen LogP contribution is -2.55. The number of aromatic nitrogens is 2. The third-order valence-electron chi connectivity index (χ3n) is 2.34. The maximum atomic E-state index is 11.0. The maximum Gasteiger partial charge on any atom is 0.327 e. The molecule has 1 fully saturated rings. The van der Waals surface area contributed by atoms with E-state index >= 15 is 0 Å². The fourth-order valence-corrected chi connectivity index (χ4v) is 1.60. The first-order chi connectivity index (χ1) is 7.29. The number of anilines is 1. The zero-order valence-corrected chi connectivity index (χ0v) is 8.13. The van der Waals surface area contributed by atoms with Gasteiger partial charge in [0.25, 0.3) is 0 Å². The van der Waals surface area contributed by atoms with Gasteiger partial charge in [-0.2, -0.15) is 0 Å². The predicted molar refractivity (Wildman–Crippen MR) is 53.7 cm³/mol. The molecule has 2 N–H and O–H groups in total. The van der Waals surface area contributed by atoms with Crippen molar-refractivity contribution in [3.8, 4) is 0 Å². The van der Waals surface area contributed by atoms with Crippen molar-refractivity contribution in [1.82, 2.24) is 15.3 Å². The van der Waals surface area contributed by atoms with Gasteiger partial charge in [0.2, 0.25) is 5.95 Å². The second-order valence-corrected chi connectivity index (χ2v) is 3.30. The van der Waals surface area contributed by atoms with E-state index in [9.17, 15) is 4.79 Å². The average molecular weight is 208 g/mol. The zero-order valence-electron chi connectivity index (χ0n) is 8.13. The Morgan fingerprint density at radius 3 is 2.93 bits per heavy atom. The minimum Gasteiger partial charge on any atom is -0.480 e. The van der Waals surface area contributed by atoms with Gasteiger partial charge in [0, 0.05) is 32.0 Å². The van der Waals surface area contributed by atoms with Crippen LogP contribution in [0.1, 0.15) is 0 Å². The monoisotopic (exact) mass is 208 g/mol. The molecular weight excluding hydrogens is 196 g/mol. The number of aliphatic carboxylic acids is 1. The molecule has 1 aromatic heterocycles. The second-order valence-electron chi connectivity index (χ2n) is 3.30. The molecule has 2 rings (SSSR count). The molecule has 15 heavy (non-hydrogen) atoms. The smallest absolute Gasteiger partial charge is 0.327 e. The summed E-state index contributed by atoms with van der Waals surface area (Å²) in [6.07, 6.45) is 3.23. The highest BCUT2D eigenvalue weighted by molar-refractivity contribution is 5.77. The third-order valence-corrected chi connectivity index (χ3v) is 2.34. The Kier molecular flexibility index (Phi) is 2.77. The number of carboxylic acid groups (broad SMARTS) is 1. The van der Waals surface area contributed by atoms with Gasteiger partial charge >= 0.3 is 5.97 Å². The molecule has 2 heterocycles. The summed E-state index contributed by atoms with van der Waals surface area (Å²) in [5.74, 6) is -0.374. The van der Waals surface area contributed by atoms with Gasteiger partial charge in [-0.15, -0.1) is 0 Å². The van der Waals surface area contributed by atoms with Gasteiger partial charge in [0.15, 0.2) is 0 Å². The molecule has 0 amide bonds. The van der Waals surface area contributed by atoms with Gasteiger partial charge in [-0.3, -0.25) is 0 Å². The summed E-state index contributed by atoms with van der Waals surface area (Å²) in [4.78, 5) is 20.8. The van der Waals surface area contributed by atoms with E-state index in [-0.39, 0.29) is 0 Å². The van der Waals surface area contributed by atoms with Crippen molar-refractivity contribution in [2.45, 2.75) is 6.04 Å². The number of nitrogens with one attached hydrogen (secondary N) is 1. The van der Waals surface area contributed by atoms with Crippen molar-refractivity contribution >= 4 is 11.9 Å². The van der Waals surface area contributed by atoms with Crippen LogP contribution >= 0.6 is 0 Å². The van der Waals surface area contributed by atoms with Gasteiger partial charge in [-0.05, 0) is 6.07 Å². The van der Waals surface area contributed by atoms with E-state index in [1.54, 1.807) is 23.4 Å². The van der Waals surface area contributed by atoms with Crippen LogP contribution in [0.15, 0.2) is 18.5 Å². The molecule has 1 aliphatic heterocycles. The van der Waals surface area contributed by atoms with Gasteiger partial charge in [0.1, 0.15) is 6.04 Å². The summed E-state index contributed by atoms with van der Waals surface area (Å²) < 4.78 is 0. The Balaban J connectivity index is 2.22. The standard InChI is InChI=1S/C9H12N4O2/c14-8(15)7-6-10-4-5-13(7)9-11-2-1-3-12-9/h1-3,7,10H,4-6H2,(H,14,15)/t7-/m1/s1. The van der Waals surface area contributed by atoms with Crippen LogP contribution < -0.4 is 10.2 Å². The van der Waals surface area contributed by atoms with E-state index in [0.29, 0.717) is 19.0 Å². The first kappa shape index (κ1) is 9.85. The zero-order chi connectivity index (χ0) is 10.7. The van der Waals surface area contributed by atoms with Crippen molar-refractivity contribution in [2.24, 2.45) is 0 Å². The lowest BCUT2D eigenvalue weighted by molar-refractivity contribution is -0.138. The van der Waals surface area contributed by atoms with Gasteiger partial charge < -0.3 is 15.3 Å². The number of nitrogens with zero attached hydrogens (tertiary/aromatic N) is 3. The summed E-state index contributed by atoms with van der Waals surface area (Å²) in [5, 5.41) is 12.1. The Labute approximate surface area is 87.0 Å². The van der Waals surface area contributed by atoms with Gasteiger partial charge in [-0.25, -0.2) is 14.8 Å². The summed E-state index contributed by atoms with van der Waals surface area (Å²) in [6.45, 7) is 1.79. The molecule has 1 aromatic rings. The normalized spacial score (nSPS) is 21.3. The van der Waals surface area contributed by atoms with E-state index in [4.69, 9.17) is 5.11 Å². The molecule has 1 aliphatic rings. The Morgan fingerprint density at radius 2 is 2.27 bits per heavy atom. The minimum absolute atomic E-state index is 0.424. The third kappa shape index (κ3) is 2.04. The molecule has 1 saturated heterocycles. The van der Waals surface area contributed by atoms with Crippen LogP contribution in [-0.4, -0.2) is 46.7 Å². The summed E-state index contributed by atoms with van der Waals surface area (Å²) in [7, 11) is 0. The highest BCUT2D eigenvalue weighted by atomic mass is 16.4. The van der Waals surface area contributed by atoms with Crippen LogP contribution in [0.3, 0.4) is 0 Å². The Hall–Kier alpha value is -1.69. The fourth-order valence-electron chi connectivity index (χ4n) is 1.60. The number of carbonyl (C=O) groups is 1. The lowest BCUT2D eigenvalue weighted by atomic mass is 10.2. The highest BCUT2D eigenvalue weighted by Crippen LogP contribution is 2.11. The first-order valence-electron chi connectivity index (χ1n) is 4.76. The van der Waals surface area contributed by atoms with E-state index in [1.807, 2.05) is 0 Å². The van der Waals surface area contributed by atoms with Crippen LogP contribution in [0.25, 0.3) is 0 Å². The van der Waals surface area contributed by atoms with E-state index in [2.05, 4.69) is 15.3 Å². The van der Waals surface area contributed by atoms with Crippen LogP contribution in [-0.2, 0) is 4.79 Å². The topological polar surface area (TPSA) is 78.4 Å². The molecule has 0 spiro atoms. The average Bonchev–Trinajstić information content (AvgIpc) is 2.30. The Morgan fingerprint density at radius 1 is 1.53 bits per heavy atom. The number of carboxylic acids is 1. The molecule has 1 atom stereocenters. The largest absolute Gasteiger partial charge is 0.480 e. The molecule has 0 bridgehead atoms. The SMILES string of the molecule is O=C(O)[C@H]1CNCCN1c1ncccn1. The summed E-state index contributed by atoms with van der Waals surface area (Å²) in [6, 6.07) is 1.13. The fraction of sp³-hybridized carbons (Fsp3) is 0.444. The molecule has 0 radical (unpaired) electrons. The van der Waals surface area contributed by atoms with Crippen molar-refractivity contribution in [3.63, 3.8) is 0 Å². The van der Waals surface area contributed by atoms with Crippen molar-refractivity contribution in [3.05, 3.63) is 18.5 Å². The first-order valence-corrected chi connectivity index (χ1v) is 4.76. The molecule has 6 heteroatoms. The number of hydrogen-bond acceptors (Lipinski definition) is 5. The van der Waals surface area contributed by atoms with E-state index in [0.717, 1.165) is 6.54 Å². The van der Waals surface area contributed by atoms with Crippen molar-refractivity contribution in [1.29, 1.82) is 0 Å². The van der Waals surface area contributed by atoms with E-state index < -0.39 is 12.0 Å². The number of piperazine rings is 1. The predicted octanol–water partition coefficient (Wildman–Crippen LogP) is -0.661. The quantitative estimate of drug-likeness (QED) is 0.671. The van der Waals surface area contributed by atoms with Crippen LogP contribution in [0, 0.1) is 0 Å². The molecule has 0 aromatic carbocycles. The van der Waals surface area contributed by atoms with Crippen LogP contribution in [0.5, 0.6) is 0 Å².